The molecule has 39 heavy (non-hydrogen) atoms. The maximum Gasteiger partial charge on any atom is 0.228 e. The number of rotatable bonds is 5. The van der Waals surface area contributed by atoms with Gasteiger partial charge in [-0.2, -0.15) is 0 Å². The first kappa shape index (κ1) is 23.4. The maximum absolute atomic E-state index is 6.42. The normalized spacial score (nSPS) is 14.3. The molecule has 6 heteroatoms. The highest BCUT2D eigenvalue weighted by Gasteiger charge is 2.34. The Balaban J connectivity index is 1.36. The number of benzene rings is 4. The zero-order valence-electron chi connectivity index (χ0n) is 22.1. The number of ether oxygens (including phenoxy) is 2. The van der Waals surface area contributed by atoms with Crippen LogP contribution in [0.5, 0.6) is 17.4 Å². The quantitative estimate of drug-likeness (QED) is 0.238. The Morgan fingerprint density at radius 3 is 2.59 bits per heavy atom. The monoisotopic (exact) mass is 512 g/mol. The van der Waals surface area contributed by atoms with Gasteiger partial charge in [-0.15, -0.1) is 5.10 Å². The van der Waals surface area contributed by atoms with Crippen LogP contribution in [0.25, 0.3) is 16.4 Å². The van der Waals surface area contributed by atoms with Crippen LogP contribution in [0.15, 0.2) is 91.3 Å². The highest BCUT2D eigenvalue weighted by molar-refractivity contribution is 5.90. The van der Waals surface area contributed by atoms with Crippen molar-refractivity contribution in [2.45, 2.75) is 39.2 Å². The molecule has 0 N–H and O–H groups in total. The third-order valence-electron chi connectivity index (χ3n) is 7.43. The first-order valence-corrected chi connectivity index (χ1v) is 13.3. The van der Waals surface area contributed by atoms with E-state index in [1.165, 1.54) is 10.9 Å². The fourth-order valence-corrected chi connectivity index (χ4v) is 5.57. The summed E-state index contributed by atoms with van der Waals surface area (Å²) in [7, 11) is 0. The molecule has 0 unspecified atom stereocenters. The first-order chi connectivity index (χ1) is 19.1. The predicted molar refractivity (Wildman–Crippen MR) is 152 cm³/mol. The van der Waals surface area contributed by atoms with Gasteiger partial charge in [-0.3, -0.25) is 0 Å². The predicted octanol–water partition coefficient (Wildman–Crippen LogP) is 7.57. The standard InChI is InChI=1S/C33H28N4O2/c1-20(2)24-15-13-21(3)17-27(24)38-18-28-35-32-31-29(23-10-5-4-6-11-23)30-25-12-8-7-9-22(25)14-16-26(30)39-33(31)34-19-37(32)36-28/h4-17,19-20,29H,18H2,1-3H3/t29-/m1/s1. The second-order valence-corrected chi connectivity index (χ2v) is 10.4. The molecule has 6 aromatic rings. The highest BCUT2D eigenvalue weighted by Crippen LogP contribution is 2.50. The molecule has 7 rings (SSSR count). The summed E-state index contributed by atoms with van der Waals surface area (Å²) in [6.45, 7) is 6.67. The van der Waals surface area contributed by atoms with Crippen LogP contribution in [0.1, 0.15) is 59.3 Å². The van der Waals surface area contributed by atoms with E-state index in [9.17, 15) is 0 Å². The summed E-state index contributed by atoms with van der Waals surface area (Å²) in [4.78, 5) is 9.65. The second kappa shape index (κ2) is 9.24. The van der Waals surface area contributed by atoms with Crippen molar-refractivity contribution >= 4 is 16.4 Å². The van der Waals surface area contributed by atoms with E-state index in [-0.39, 0.29) is 12.5 Å². The molecule has 1 aliphatic rings. The summed E-state index contributed by atoms with van der Waals surface area (Å²) in [6.07, 6.45) is 1.67. The zero-order chi connectivity index (χ0) is 26.5. The van der Waals surface area contributed by atoms with Crippen LogP contribution in [-0.2, 0) is 6.61 Å². The van der Waals surface area contributed by atoms with Gasteiger partial charge >= 0.3 is 0 Å². The zero-order valence-corrected chi connectivity index (χ0v) is 22.1. The molecule has 192 valence electrons. The summed E-state index contributed by atoms with van der Waals surface area (Å²) < 4.78 is 14.4. The molecule has 1 atom stereocenters. The molecule has 0 saturated carbocycles. The van der Waals surface area contributed by atoms with Crippen LogP contribution in [-0.4, -0.2) is 19.6 Å². The Kier molecular flexibility index (Phi) is 5.55. The summed E-state index contributed by atoms with van der Waals surface area (Å²) in [6, 6.07) is 29.4. The van der Waals surface area contributed by atoms with Gasteiger partial charge in [-0.1, -0.05) is 86.6 Å². The molecule has 1 aliphatic heterocycles. The lowest BCUT2D eigenvalue weighted by molar-refractivity contribution is 0.291. The average molecular weight is 513 g/mol. The number of aryl methyl sites for hydroxylation is 1. The molecule has 0 bridgehead atoms. The van der Waals surface area contributed by atoms with Crippen LogP contribution in [0, 0.1) is 6.92 Å². The van der Waals surface area contributed by atoms with Gasteiger partial charge in [-0.05, 0) is 52.4 Å². The maximum atomic E-state index is 6.42. The topological polar surface area (TPSA) is 61.5 Å². The Bertz CT molecular complexity index is 1840. The van der Waals surface area contributed by atoms with E-state index in [1.54, 1.807) is 10.8 Å². The van der Waals surface area contributed by atoms with Gasteiger partial charge in [0.05, 0.1) is 5.56 Å². The van der Waals surface area contributed by atoms with Crippen LogP contribution < -0.4 is 9.47 Å². The lowest BCUT2D eigenvalue weighted by Crippen LogP contribution is -2.15. The molecule has 4 aromatic carbocycles. The molecular weight excluding hydrogens is 484 g/mol. The fraction of sp³-hybridized carbons (Fsp3) is 0.182. The molecule has 3 heterocycles. The molecule has 0 radical (unpaired) electrons. The van der Waals surface area contributed by atoms with E-state index in [1.807, 2.05) is 12.1 Å². The van der Waals surface area contributed by atoms with E-state index < -0.39 is 0 Å². The molecule has 6 nitrogen and oxygen atoms in total. The van der Waals surface area contributed by atoms with Gasteiger partial charge in [0.1, 0.15) is 24.4 Å². The minimum atomic E-state index is -0.116. The molecular formula is C33H28N4O2. The van der Waals surface area contributed by atoms with Gasteiger partial charge < -0.3 is 9.47 Å². The lowest BCUT2D eigenvalue weighted by atomic mass is 9.81. The smallest absolute Gasteiger partial charge is 0.228 e. The van der Waals surface area contributed by atoms with E-state index in [0.717, 1.165) is 44.8 Å². The highest BCUT2D eigenvalue weighted by atomic mass is 16.5. The number of hydrogen-bond acceptors (Lipinski definition) is 5. The Hall–Kier alpha value is -4.71. The average Bonchev–Trinajstić information content (AvgIpc) is 3.38. The van der Waals surface area contributed by atoms with Crippen LogP contribution in [0.2, 0.25) is 0 Å². The van der Waals surface area contributed by atoms with Crippen molar-refractivity contribution in [2.24, 2.45) is 0 Å². The van der Waals surface area contributed by atoms with Crippen molar-refractivity contribution in [3.05, 3.63) is 125 Å². The second-order valence-electron chi connectivity index (χ2n) is 10.4. The van der Waals surface area contributed by atoms with E-state index >= 15 is 0 Å². The third kappa shape index (κ3) is 4.00. The van der Waals surface area contributed by atoms with E-state index in [0.29, 0.717) is 17.6 Å². The van der Waals surface area contributed by atoms with Gasteiger partial charge in [0.2, 0.25) is 5.88 Å². The Labute approximate surface area is 226 Å². The van der Waals surface area contributed by atoms with Crippen molar-refractivity contribution < 1.29 is 9.47 Å². The minimum absolute atomic E-state index is 0.116. The lowest BCUT2D eigenvalue weighted by Gasteiger charge is -2.29. The summed E-state index contributed by atoms with van der Waals surface area (Å²) in [5.41, 5.74) is 6.22. The molecule has 0 aliphatic carbocycles. The number of nitrogens with zero attached hydrogens (tertiary/aromatic N) is 4. The minimum Gasteiger partial charge on any atom is -0.485 e. The Morgan fingerprint density at radius 2 is 1.74 bits per heavy atom. The van der Waals surface area contributed by atoms with Gasteiger partial charge in [-0.25, -0.2) is 14.5 Å². The SMILES string of the molecule is Cc1ccc(C(C)C)c(OCc2nc3c4c(ncn3n2)Oc2ccc3ccccc3c2[C@H]4c2ccccc2)c1. The number of aromatic nitrogens is 4. The summed E-state index contributed by atoms with van der Waals surface area (Å²) >= 11 is 0. The molecule has 0 amide bonds. The molecule has 0 spiro atoms. The van der Waals surface area contributed by atoms with Gasteiger partial charge in [0.25, 0.3) is 0 Å². The van der Waals surface area contributed by atoms with Crippen molar-refractivity contribution in [1.29, 1.82) is 0 Å². The Morgan fingerprint density at radius 1 is 0.923 bits per heavy atom. The van der Waals surface area contributed by atoms with Gasteiger partial charge in [0, 0.05) is 11.5 Å². The van der Waals surface area contributed by atoms with Crippen LogP contribution in [0.4, 0.5) is 0 Å². The number of hydrogen-bond donors (Lipinski definition) is 0. The van der Waals surface area contributed by atoms with E-state index in [4.69, 9.17) is 19.6 Å². The summed E-state index contributed by atoms with van der Waals surface area (Å²) in [5.74, 6) is 3.07. The van der Waals surface area contributed by atoms with Crippen molar-refractivity contribution in [2.75, 3.05) is 0 Å². The molecule has 0 fully saturated rings. The van der Waals surface area contributed by atoms with Gasteiger partial charge in [0.15, 0.2) is 11.5 Å². The molecule has 0 saturated heterocycles. The van der Waals surface area contributed by atoms with Crippen molar-refractivity contribution in [3.63, 3.8) is 0 Å². The van der Waals surface area contributed by atoms with Crippen molar-refractivity contribution in [3.8, 4) is 17.4 Å². The molecule has 2 aromatic heterocycles. The first-order valence-electron chi connectivity index (χ1n) is 13.3. The van der Waals surface area contributed by atoms with E-state index in [2.05, 4.69) is 98.6 Å². The third-order valence-corrected chi connectivity index (χ3v) is 7.43. The van der Waals surface area contributed by atoms with Crippen LogP contribution >= 0.6 is 0 Å². The largest absolute Gasteiger partial charge is 0.485 e. The summed E-state index contributed by atoms with van der Waals surface area (Å²) in [5, 5.41) is 7.06. The number of fused-ring (bicyclic) bond motifs is 6. The fourth-order valence-electron chi connectivity index (χ4n) is 5.57. The van der Waals surface area contributed by atoms with Crippen molar-refractivity contribution in [1.82, 2.24) is 19.6 Å². The van der Waals surface area contributed by atoms with Crippen LogP contribution in [0.3, 0.4) is 0 Å².